The van der Waals surface area contributed by atoms with Crippen molar-refractivity contribution in [2.75, 3.05) is 13.2 Å². The van der Waals surface area contributed by atoms with E-state index in [4.69, 9.17) is 9.47 Å². The molecule has 1 aliphatic rings. The predicted octanol–water partition coefficient (Wildman–Crippen LogP) is 3.29. The van der Waals surface area contributed by atoms with E-state index in [0.717, 1.165) is 25.7 Å². The van der Waals surface area contributed by atoms with Crippen LogP contribution < -0.4 is 0 Å². The second kappa shape index (κ2) is 8.70. The molecule has 0 bridgehead atoms. The largest absolute Gasteiger partial charge is 0.462 e. The molecule has 0 aromatic rings. The lowest BCUT2D eigenvalue weighted by molar-refractivity contribution is -0.139. The summed E-state index contributed by atoms with van der Waals surface area (Å²) in [6.45, 7) is 10.1. The molecule has 2 unspecified atom stereocenters. The third-order valence-electron chi connectivity index (χ3n) is 3.77. The highest BCUT2D eigenvalue weighted by molar-refractivity contribution is 5.86. The Bertz CT molecular complexity index is 380. The third-order valence-corrected chi connectivity index (χ3v) is 3.77. The van der Waals surface area contributed by atoms with Gasteiger partial charge in [0.05, 0.1) is 6.61 Å². The van der Waals surface area contributed by atoms with Crippen molar-refractivity contribution in [3.8, 4) is 0 Å². The third kappa shape index (κ3) is 5.78. The van der Waals surface area contributed by atoms with Crippen LogP contribution >= 0.6 is 0 Å². The number of likely N-dealkylation sites (tertiary alicyclic amines) is 1. The van der Waals surface area contributed by atoms with Gasteiger partial charge in [-0.05, 0) is 39.5 Å². The molecule has 5 heteroatoms. The molecule has 120 valence electrons. The van der Waals surface area contributed by atoms with Gasteiger partial charge in [0.25, 0.3) is 0 Å². The Hall–Kier alpha value is -1.52. The Kier molecular flexibility index (Phi) is 7.26. The summed E-state index contributed by atoms with van der Waals surface area (Å²) in [6, 6.07) is 0.0910. The van der Waals surface area contributed by atoms with Crippen molar-refractivity contribution < 1.29 is 19.1 Å². The maximum Gasteiger partial charge on any atom is 0.410 e. The van der Waals surface area contributed by atoms with Gasteiger partial charge in [0.1, 0.15) is 6.10 Å². The number of rotatable bonds is 6. The lowest BCUT2D eigenvalue weighted by Crippen LogP contribution is -2.45. The van der Waals surface area contributed by atoms with E-state index in [1.54, 1.807) is 11.8 Å². The molecule has 1 rings (SSSR count). The van der Waals surface area contributed by atoms with E-state index in [-0.39, 0.29) is 24.2 Å². The van der Waals surface area contributed by atoms with Crippen LogP contribution in [0, 0.1) is 0 Å². The fourth-order valence-electron chi connectivity index (χ4n) is 2.28. The Labute approximate surface area is 127 Å². The molecule has 1 aliphatic heterocycles. The van der Waals surface area contributed by atoms with E-state index < -0.39 is 0 Å². The first kappa shape index (κ1) is 17.5. The van der Waals surface area contributed by atoms with Gasteiger partial charge in [-0.25, -0.2) is 9.59 Å². The van der Waals surface area contributed by atoms with Crippen molar-refractivity contribution in [3.05, 3.63) is 12.2 Å². The standard InChI is InChI=1S/C16H27NO4/c1-5-13(4)21-16(19)17-10-7-6-8-14(17)9-11-20-15(18)12(2)3/h13-14H,2,5-11H2,1,3-4H3. The smallest absolute Gasteiger partial charge is 0.410 e. The number of nitrogens with zero attached hydrogens (tertiary/aromatic N) is 1. The van der Waals surface area contributed by atoms with Crippen LogP contribution in [0.3, 0.4) is 0 Å². The summed E-state index contributed by atoms with van der Waals surface area (Å²) < 4.78 is 10.5. The Balaban J connectivity index is 2.47. The molecule has 0 spiro atoms. The van der Waals surface area contributed by atoms with E-state index in [2.05, 4.69) is 6.58 Å². The molecule has 21 heavy (non-hydrogen) atoms. The number of esters is 1. The zero-order valence-corrected chi connectivity index (χ0v) is 13.4. The zero-order chi connectivity index (χ0) is 15.8. The highest BCUT2D eigenvalue weighted by atomic mass is 16.6. The minimum atomic E-state index is -0.375. The van der Waals surface area contributed by atoms with E-state index in [9.17, 15) is 9.59 Å². The van der Waals surface area contributed by atoms with E-state index >= 15 is 0 Å². The van der Waals surface area contributed by atoms with E-state index in [1.807, 2.05) is 13.8 Å². The van der Waals surface area contributed by atoms with Crippen molar-refractivity contribution in [2.45, 2.75) is 65.0 Å². The van der Waals surface area contributed by atoms with Crippen LogP contribution in [0.4, 0.5) is 4.79 Å². The molecule has 0 aromatic heterocycles. The van der Waals surface area contributed by atoms with Crippen molar-refractivity contribution >= 4 is 12.1 Å². The normalized spacial score (nSPS) is 19.8. The number of hydrogen-bond acceptors (Lipinski definition) is 4. The fraction of sp³-hybridized carbons (Fsp3) is 0.750. The van der Waals surface area contributed by atoms with Gasteiger partial charge in [0, 0.05) is 24.6 Å². The van der Waals surface area contributed by atoms with Gasteiger partial charge >= 0.3 is 12.1 Å². The first-order chi connectivity index (χ1) is 9.95. The molecule has 0 aromatic carbocycles. The maximum absolute atomic E-state index is 12.2. The molecule has 1 fully saturated rings. The van der Waals surface area contributed by atoms with Gasteiger partial charge in [0.15, 0.2) is 0 Å². The van der Waals surface area contributed by atoms with Crippen LogP contribution in [0.25, 0.3) is 0 Å². The number of carbonyl (C=O) groups is 2. The first-order valence-corrected chi connectivity index (χ1v) is 7.75. The second-order valence-corrected chi connectivity index (χ2v) is 5.65. The van der Waals surface area contributed by atoms with Crippen molar-refractivity contribution in [1.29, 1.82) is 0 Å². The lowest BCUT2D eigenvalue weighted by Gasteiger charge is -2.35. The molecule has 1 amide bonds. The molecule has 2 atom stereocenters. The van der Waals surface area contributed by atoms with Gasteiger partial charge < -0.3 is 14.4 Å². The summed E-state index contributed by atoms with van der Waals surface area (Å²) in [7, 11) is 0. The van der Waals surface area contributed by atoms with Crippen LogP contribution in [-0.4, -0.2) is 42.3 Å². The monoisotopic (exact) mass is 297 g/mol. The van der Waals surface area contributed by atoms with Gasteiger partial charge in [-0.3, -0.25) is 0 Å². The van der Waals surface area contributed by atoms with E-state index in [0.29, 0.717) is 25.1 Å². The highest BCUT2D eigenvalue weighted by Gasteiger charge is 2.28. The molecule has 0 saturated carbocycles. The summed E-state index contributed by atoms with van der Waals surface area (Å²) >= 11 is 0. The summed E-state index contributed by atoms with van der Waals surface area (Å²) in [5.41, 5.74) is 0.395. The number of piperidine rings is 1. The van der Waals surface area contributed by atoms with Gasteiger partial charge in [-0.1, -0.05) is 13.5 Å². The average molecular weight is 297 g/mol. The van der Waals surface area contributed by atoms with Crippen LogP contribution in [0.1, 0.15) is 52.9 Å². The highest BCUT2D eigenvalue weighted by Crippen LogP contribution is 2.21. The summed E-state index contributed by atoms with van der Waals surface area (Å²) in [4.78, 5) is 25.3. The number of ether oxygens (including phenoxy) is 2. The summed E-state index contributed by atoms with van der Waals surface area (Å²) in [6.07, 6.45) is 4.15. The second-order valence-electron chi connectivity index (χ2n) is 5.65. The fourth-order valence-corrected chi connectivity index (χ4v) is 2.28. The predicted molar refractivity (Wildman–Crippen MR) is 81.0 cm³/mol. The van der Waals surface area contributed by atoms with Gasteiger partial charge in [-0.2, -0.15) is 0 Å². The van der Waals surface area contributed by atoms with Crippen LogP contribution in [0.2, 0.25) is 0 Å². The van der Waals surface area contributed by atoms with Crippen molar-refractivity contribution in [3.63, 3.8) is 0 Å². The quantitative estimate of drug-likeness (QED) is 0.557. The Morgan fingerprint density at radius 1 is 1.38 bits per heavy atom. The van der Waals surface area contributed by atoms with Crippen LogP contribution in [-0.2, 0) is 14.3 Å². The van der Waals surface area contributed by atoms with Crippen LogP contribution in [0.15, 0.2) is 12.2 Å². The number of hydrogen-bond donors (Lipinski definition) is 0. The molecular weight excluding hydrogens is 270 g/mol. The summed E-state index contributed by atoms with van der Waals surface area (Å²) in [5, 5.41) is 0. The zero-order valence-electron chi connectivity index (χ0n) is 13.4. The summed E-state index contributed by atoms with van der Waals surface area (Å²) in [5.74, 6) is -0.375. The van der Waals surface area contributed by atoms with Crippen molar-refractivity contribution in [1.82, 2.24) is 4.90 Å². The molecule has 1 saturated heterocycles. The first-order valence-electron chi connectivity index (χ1n) is 7.75. The van der Waals surface area contributed by atoms with Crippen LogP contribution in [0.5, 0.6) is 0 Å². The molecule has 0 aliphatic carbocycles. The molecular formula is C16H27NO4. The Morgan fingerprint density at radius 2 is 2.10 bits per heavy atom. The maximum atomic E-state index is 12.2. The lowest BCUT2D eigenvalue weighted by atomic mass is 10.0. The Morgan fingerprint density at radius 3 is 2.71 bits per heavy atom. The van der Waals surface area contributed by atoms with Gasteiger partial charge in [-0.15, -0.1) is 0 Å². The molecule has 0 radical (unpaired) electrons. The number of carbonyl (C=O) groups excluding carboxylic acids is 2. The average Bonchev–Trinajstić information content (AvgIpc) is 2.47. The molecule has 0 N–H and O–H groups in total. The minimum Gasteiger partial charge on any atom is -0.462 e. The molecule has 1 heterocycles. The molecule has 5 nitrogen and oxygen atoms in total. The van der Waals surface area contributed by atoms with E-state index in [1.165, 1.54) is 0 Å². The van der Waals surface area contributed by atoms with Gasteiger partial charge in [0.2, 0.25) is 0 Å². The SMILES string of the molecule is C=C(C)C(=O)OCCC1CCCCN1C(=O)OC(C)CC. The number of amides is 1. The topological polar surface area (TPSA) is 55.8 Å². The van der Waals surface area contributed by atoms with Crippen molar-refractivity contribution in [2.24, 2.45) is 0 Å². The minimum absolute atomic E-state index is 0.0682.